The van der Waals surface area contributed by atoms with Gasteiger partial charge in [-0.2, -0.15) is 0 Å². The normalized spacial score (nSPS) is 15.4. The Balaban J connectivity index is 1.47. The minimum absolute atomic E-state index is 0.103. The average molecular weight is 397 g/mol. The molecule has 1 aromatic heterocycles. The monoisotopic (exact) mass is 396 g/mol. The van der Waals surface area contributed by atoms with Gasteiger partial charge in [0, 0.05) is 19.1 Å². The Kier molecular flexibility index (Phi) is 6.05. The van der Waals surface area contributed by atoms with Gasteiger partial charge in [0.15, 0.2) is 11.7 Å². The maximum Gasteiger partial charge on any atom is 0.277 e. The Hall–Kier alpha value is -1.77. The van der Waals surface area contributed by atoms with Crippen LogP contribution in [0.4, 0.5) is 0 Å². The number of amides is 2. The van der Waals surface area contributed by atoms with E-state index in [0.717, 1.165) is 29.3 Å². The van der Waals surface area contributed by atoms with E-state index >= 15 is 0 Å². The molecule has 0 unspecified atom stereocenters. The molecule has 1 saturated heterocycles. The van der Waals surface area contributed by atoms with Gasteiger partial charge in [-0.25, -0.2) is 4.98 Å². The zero-order valence-electron chi connectivity index (χ0n) is 14.9. The summed E-state index contributed by atoms with van der Waals surface area (Å²) in [6, 6.07) is 5.48. The number of hydrogen-bond donors (Lipinski definition) is 2. The minimum atomic E-state index is 0.103. The second kappa shape index (κ2) is 8.28. The number of halogens is 1. The fourth-order valence-corrected chi connectivity index (χ4v) is 3.83. The van der Waals surface area contributed by atoms with E-state index in [-0.39, 0.29) is 11.8 Å². The number of benzene rings is 1. The van der Waals surface area contributed by atoms with Crippen LogP contribution in [-0.4, -0.2) is 84.2 Å². The lowest BCUT2D eigenvalue weighted by atomic mass is 10.3. The van der Waals surface area contributed by atoms with Crippen LogP contribution in [0.15, 0.2) is 23.4 Å². The van der Waals surface area contributed by atoms with E-state index in [0.29, 0.717) is 30.4 Å². The van der Waals surface area contributed by atoms with Gasteiger partial charge in [-0.1, -0.05) is 23.4 Å². The number of nitrogens with zero attached hydrogens (tertiary/aromatic N) is 3. The Labute approximate surface area is 161 Å². The number of carbonyl (C=O) groups is 2. The summed E-state index contributed by atoms with van der Waals surface area (Å²) in [5, 5.41) is 1.37. The van der Waals surface area contributed by atoms with Crippen LogP contribution in [0.25, 0.3) is 11.0 Å². The number of nitrogens with one attached hydrogen (secondary N) is 2. The minimum Gasteiger partial charge on any atom is -0.344 e. The Morgan fingerprint density at radius 3 is 2.77 bits per heavy atom. The molecule has 2 amide bonds. The molecule has 0 radical (unpaired) electrons. The van der Waals surface area contributed by atoms with Gasteiger partial charge in [-0.3, -0.25) is 9.59 Å². The van der Waals surface area contributed by atoms with Crippen molar-refractivity contribution in [1.82, 2.24) is 19.8 Å². The summed E-state index contributed by atoms with van der Waals surface area (Å²) in [6.45, 7) is 3.47. The summed E-state index contributed by atoms with van der Waals surface area (Å²) < 4.78 is 0. The summed E-state index contributed by atoms with van der Waals surface area (Å²) in [7, 11) is 3.54. The summed E-state index contributed by atoms with van der Waals surface area (Å²) >= 11 is 7.38. The van der Waals surface area contributed by atoms with Crippen molar-refractivity contribution in [1.29, 1.82) is 0 Å². The molecule has 1 aliphatic heterocycles. The van der Waals surface area contributed by atoms with E-state index in [1.807, 2.05) is 17.0 Å². The fraction of sp³-hybridized carbons (Fsp3) is 0.471. The van der Waals surface area contributed by atoms with E-state index < -0.39 is 0 Å². The number of hydrogen-bond acceptors (Lipinski definition) is 4. The summed E-state index contributed by atoms with van der Waals surface area (Å²) in [5.41, 5.74) is 1.71. The smallest absolute Gasteiger partial charge is 0.277 e. The maximum atomic E-state index is 12.4. The highest BCUT2D eigenvalue weighted by atomic mass is 35.5. The predicted molar refractivity (Wildman–Crippen MR) is 103 cm³/mol. The van der Waals surface area contributed by atoms with Gasteiger partial charge < -0.3 is 19.7 Å². The molecule has 9 heteroatoms. The number of fused-ring (bicyclic) bond motifs is 1. The van der Waals surface area contributed by atoms with Gasteiger partial charge in [0.2, 0.25) is 5.91 Å². The van der Waals surface area contributed by atoms with E-state index in [2.05, 4.69) is 9.97 Å². The van der Waals surface area contributed by atoms with Crippen molar-refractivity contribution in [2.75, 3.05) is 52.6 Å². The molecule has 7 nitrogen and oxygen atoms in total. The van der Waals surface area contributed by atoms with Crippen LogP contribution in [0.3, 0.4) is 0 Å². The van der Waals surface area contributed by atoms with Crippen LogP contribution in [0.5, 0.6) is 0 Å². The Morgan fingerprint density at radius 2 is 2.08 bits per heavy atom. The van der Waals surface area contributed by atoms with Gasteiger partial charge in [0.1, 0.15) is 0 Å². The van der Waals surface area contributed by atoms with Gasteiger partial charge in [-0.05, 0) is 18.2 Å². The van der Waals surface area contributed by atoms with Gasteiger partial charge in [0.05, 0.1) is 43.0 Å². The van der Waals surface area contributed by atoms with Crippen LogP contribution < -0.4 is 4.90 Å². The number of H-pyrrole nitrogens is 1. The summed E-state index contributed by atoms with van der Waals surface area (Å²) in [4.78, 5) is 36.6. The lowest BCUT2D eigenvalue weighted by Gasteiger charge is -2.32. The zero-order valence-corrected chi connectivity index (χ0v) is 16.5. The molecule has 1 aromatic carbocycles. The molecule has 0 bridgehead atoms. The third-order valence-corrected chi connectivity index (χ3v) is 5.57. The molecule has 2 N–H and O–H groups in total. The lowest BCUT2D eigenvalue weighted by molar-refractivity contribution is -0.896. The maximum absolute atomic E-state index is 12.4. The van der Waals surface area contributed by atoms with Gasteiger partial charge in [-0.15, -0.1) is 0 Å². The van der Waals surface area contributed by atoms with Crippen molar-refractivity contribution in [3.63, 3.8) is 0 Å². The highest BCUT2D eigenvalue weighted by molar-refractivity contribution is 7.99. The van der Waals surface area contributed by atoms with Crippen LogP contribution in [-0.2, 0) is 9.59 Å². The number of carbonyl (C=O) groups excluding carboxylic acids is 2. The topological polar surface area (TPSA) is 73.7 Å². The molecule has 0 atom stereocenters. The van der Waals surface area contributed by atoms with Crippen molar-refractivity contribution >= 4 is 46.2 Å². The standard InChI is InChI=1S/C17H22ClN5O2S/c1-21(2)15(24)10-22-5-7-23(8-6-22)16(25)11-26-17-19-13-4-3-12(18)9-14(13)20-17/h3-4,9H,5-8,10-11H2,1-2H3,(H,19,20)/p+1. The molecule has 3 rings (SSSR count). The number of rotatable bonds is 5. The van der Waals surface area contributed by atoms with E-state index in [1.54, 1.807) is 25.1 Å². The molecular formula is C17H23ClN5O2S+. The predicted octanol–water partition coefficient (Wildman–Crippen LogP) is 0.124. The average Bonchev–Trinajstić information content (AvgIpc) is 3.02. The summed E-state index contributed by atoms with van der Waals surface area (Å²) in [6.07, 6.45) is 0. The van der Waals surface area contributed by atoms with Crippen molar-refractivity contribution in [3.8, 4) is 0 Å². The molecule has 0 saturated carbocycles. The highest BCUT2D eigenvalue weighted by Crippen LogP contribution is 2.22. The lowest BCUT2D eigenvalue weighted by Crippen LogP contribution is -3.15. The Morgan fingerprint density at radius 1 is 1.35 bits per heavy atom. The molecule has 1 fully saturated rings. The van der Waals surface area contributed by atoms with Crippen LogP contribution in [0, 0.1) is 0 Å². The molecule has 140 valence electrons. The fourth-order valence-electron chi connectivity index (χ4n) is 2.87. The molecule has 0 aliphatic carbocycles. The number of aromatic amines is 1. The first-order chi connectivity index (χ1) is 12.4. The molecule has 26 heavy (non-hydrogen) atoms. The van der Waals surface area contributed by atoms with Crippen molar-refractivity contribution in [2.24, 2.45) is 0 Å². The van der Waals surface area contributed by atoms with Crippen LogP contribution in [0.1, 0.15) is 0 Å². The Bertz CT molecular complexity index is 802. The molecule has 1 aliphatic rings. The quantitative estimate of drug-likeness (QED) is 0.704. The number of piperazine rings is 1. The van der Waals surface area contributed by atoms with Gasteiger partial charge >= 0.3 is 0 Å². The van der Waals surface area contributed by atoms with Crippen molar-refractivity contribution in [3.05, 3.63) is 23.2 Å². The SMILES string of the molecule is CN(C)C(=O)C[NH+]1CCN(C(=O)CSc2nc3ccc(Cl)cc3[nH]2)CC1. The molecule has 0 spiro atoms. The van der Waals surface area contributed by atoms with Crippen LogP contribution >= 0.6 is 23.4 Å². The van der Waals surface area contributed by atoms with E-state index in [1.165, 1.54) is 16.7 Å². The second-order valence-corrected chi connectivity index (χ2v) is 7.99. The molecular weight excluding hydrogens is 374 g/mol. The number of likely N-dealkylation sites (N-methyl/N-ethyl adjacent to an activating group) is 1. The van der Waals surface area contributed by atoms with Crippen molar-refractivity contribution in [2.45, 2.75) is 5.16 Å². The number of quaternary nitrogens is 1. The van der Waals surface area contributed by atoms with Crippen LogP contribution in [0.2, 0.25) is 5.02 Å². The second-order valence-electron chi connectivity index (χ2n) is 6.59. The number of thioether (sulfide) groups is 1. The largest absolute Gasteiger partial charge is 0.344 e. The highest BCUT2D eigenvalue weighted by Gasteiger charge is 2.25. The first-order valence-corrected chi connectivity index (χ1v) is 9.88. The zero-order chi connectivity index (χ0) is 18.7. The molecule has 2 aromatic rings. The number of imidazole rings is 1. The third-order valence-electron chi connectivity index (χ3n) is 4.48. The number of aromatic nitrogens is 2. The first-order valence-electron chi connectivity index (χ1n) is 8.52. The van der Waals surface area contributed by atoms with E-state index in [9.17, 15) is 9.59 Å². The third kappa shape index (κ3) is 4.69. The van der Waals surface area contributed by atoms with Crippen molar-refractivity contribution < 1.29 is 14.5 Å². The summed E-state index contributed by atoms with van der Waals surface area (Å²) in [5.74, 6) is 0.575. The van der Waals surface area contributed by atoms with Gasteiger partial charge in [0.25, 0.3) is 5.91 Å². The molecule has 2 heterocycles. The van der Waals surface area contributed by atoms with E-state index in [4.69, 9.17) is 11.6 Å². The first kappa shape index (κ1) is 19.0.